The van der Waals surface area contributed by atoms with E-state index in [4.69, 9.17) is 0 Å². The quantitative estimate of drug-likeness (QED) is 0.848. The fourth-order valence-corrected chi connectivity index (χ4v) is 2.68. The third-order valence-corrected chi connectivity index (χ3v) is 3.76. The van der Waals surface area contributed by atoms with E-state index in [1.807, 2.05) is 30.6 Å². The zero-order valence-corrected chi connectivity index (χ0v) is 11.5. The van der Waals surface area contributed by atoms with E-state index < -0.39 is 0 Å². The summed E-state index contributed by atoms with van der Waals surface area (Å²) in [6.45, 7) is 1.41. The lowest BCUT2D eigenvalue weighted by atomic mass is 10.1. The van der Waals surface area contributed by atoms with E-state index in [9.17, 15) is 4.79 Å². The molecule has 1 aromatic heterocycles. The first-order valence-electron chi connectivity index (χ1n) is 7.16. The van der Waals surface area contributed by atoms with E-state index in [0.717, 1.165) is 30.4 Å². The fourth-order valence-electron chi connectivity index (χ4n) is 2.68. The minimum Gasteiger partial charge on any atom is -0.354 e. The van der Waals surface area contributed by atoms with Crippen LogP contribution in [0.25, 0.3) is 11.0 Å². The van der Waals surface area contributed by atoms with Crippen LogP contribution >= 0.6 is 0 Å². The predicted octanol–water partition coefficient (Wildman–Crippen LogP) is 2.51. The molecule has 2 aromatic rings. The Morgan fingerprint density at radius 1 is 1.40 bits per heavy atom. The number of benzene rings is 1. The number of imidazole rings is 1. The van der Waals surface area contributed by atoms with E-state index in [2.05, 4.69) is 27.0 Å². The average Bonchev–Trinajstić information content (AvgIpc) is 3.09. The molecule has 0 saturated carbocycles. The van der Waals surface area contributed by atoms with Crippen molar-refractivity contribution in [3.63, 3.8) is 0 Å². The number of amides is 1. The predicted molar refractivity (Wildman–Crippen MR) is 79.2 cm³/mol. The molecule has 1 aliphatic rings. The summed E-state index contributed by atoms with van der Waals surface area (Å²) in [7, 11) is 0. The van der Waals surface area contributed by atoms with E-state index in [0.29, 0.717) is 18.9 Å². The van der Waals surface area contributed by atoms with Crippen molar-refractivity contribution < 1.29 is 4.79 Å². The van der Waals surface area contributed by atoms with Crippen LogP contribution in [0.2, 0.25) is 0 Å². The molecule has 4 nitrogen and oxygen atoms in total. The summed E-state index contributed by atoms with van der Waals surface area (Å²) in [5.74, 6) is 0.579. The number of nitrogens with one attached hydrogen (secondary N) is 1. The molecule has 0 radical (unpaired) electrons. The van der Waals surface area contributed by atoms with Gasteiger partial charge in [0.05, 0.1) is 17.4 Å². The molecule has 1 heterocycles. The van der Waals surface area contributed by atoms with Crippen LogP contribution in [-0.4, -0.2) is 22.0 Å². The number of carbonyl (C=O) groups excluding carboxylic acids is 1. The molecular formula is C16H19N3O. The van der Waals surface area contributed by atoms with Crippen molar-refractivity contribution >= 4 is 16.9 Å². The monoisotopic (exact) mass is 269 g/mol. The smallest absolute Gasteiger partial charge is 0.220 e. The van der Waals surface area contributed by atoms with Crippen molar-refractivity contribution in [2.45, 2.75) is 25.8 Å². The zero-order valence-electron chi connectivity index (χ0n) is 11.5. The molecule has 1 aliphatic carbocycles. The maximum atomic E-state index is 11.8. The number of hydrogen-bond donors (Lipinski definition) is 1. The average molecular weight is 269 g/mol. The highest BCUT2D eigenvalue weighted by molar-refractivity contribution is 5.76. The number of para-hydroxylation sites is 2. The van der Waals surface area contributed by atoms with Crippen molar-refractivity contribution in [2.24, 2.45) is 5.92 Å². The van der Waals surface area contributed by atoms with Crippen molar-refractivity contribution in [2.75, 3.05) is 6.54 Å². The Hall–Kier alpha value is -2.10. The van der Waals surface area contributed by atoms with Gasteiger partial charge in [-0.3, -0.25) is 4.79 Å². The van der Waals surface area contributed by atoms with Crippen molar-refractivity contribution in [3.05, 3.63) is 42.7 Å². The van der Waals surface area contributed by atoms with Gasteiger partial charge in [-0.15, -0.1) is 0 Å². The molecule has 1 amide bonds. The van der Waals surface area contributed by atoms with Gasteiger partial charge in [0, 0.05) is 19.5 Å². The summed E-state index contributed by atoms with van der Waals surface area (Å²) in [4.78, 5) is 16.2. The number of fused-ring (bicyclic) bond motifs is 1. The highest BCUT2D eigenvalue weighted by atomic mass is 16.1. The normalized spacial score (nSPS) is 17.7. The Balaban J connectivity index is 1.49. The minimum atomic E-state index is 0.144. The zero-order chi connectivity index (χ0) is 13.8. The standard InChI is InChI=1S/C16H19N3O/c20-16(11-13-5-1-2-6-13)17-9-10-19-12-18-14-7-3-4-8-15(14)19/h1,3-5,7-8,12-13H,2,6,9-11H2,(H,17,20)/t13-/m1/s1. The second-order valence-electron chi connectivity index (χ2n) is 5.25. The number of aromatic nitrogens is 2. The fraction of sp³-hybridized carbons (Fsp3) is 0.375. The lowest BCUT2D eigenvalue weighted by Crippen LogP contribution is -2.28. The van der Waals surface area contributed by atoms with E-state index >= 15 is 0 Å². The van der Waals surface area contributed by atoms with Gasteiger partial charge in [-0.1, -0.05) is 24.3 Å². The maximum absolute atomic E-state index is 11.8. The molecule has 20 heavy (non-hydrogen) atoms. The van der Waals surface area contributed by atoms with Gasteiger partial charge < -0.3 is 9.88 Å². The Morgan fingerprint density at radius 3 is 3.15 bits per heavy atom. The first kappa shape index (κ1) is 12.9. The number of allylic oxidation sites excluding steroid dienone is 2. The molecule has 0 fully saturated rings. The Labute approximate surface area is 118 Å². The SMILES string of the molecule is O=C(C[C@@H]1C=CCC1)NCCn1cnc2ccccc21. The van der Waals surface area contributed by atoms with Gasteiger partial charge in [-0.2, -0.15) is 0 Å². The molecular weight excluding hydrogens is 250 g/mol. The van der Waals surface area contributed by atoms with Crippen LogP contribution < -0.4 is 5.32 Å². The highest BCUT2D eigenvalue weighted by Gasteiger charge is 2.13. The lowest BCUT2D eigenvalue weighted by Gasteiger charge is -2.09. The third kappa shape index (κ3) is 2.90. The summed E-state index contributed by atoms with van der Waals surface area (Å²) >= 11 is 0. The number of nitrogens with zero attached hydrogens (tertiary/aromatic N) is 2. The molecule has 3 rings (SSSR count). The second-order valence-corrected chi connectivity index (χ2v) is 5.25. The van der Waals surface area contributed by atoms with Crippen LogP contribution in [0.3, 0.4) is 0 Å². The first-order chi connectivity index (χ1) is 9.83. The van der Waals surface area contributed by atoms with Gasteiger partial charge in [0.25, 0.3) is 0 Å². The molecule has 4 heteroatoms. The molecule has 1 N–H and O–H groups in total. The molecule has 0 aliphatic heterocycles. The Morgan fingerprint density at radius 2 is 2.30 bits per heavy atom. The maximum Gasteiger partial charge on any atom is 0.220 e. The summed E-state index contributed by atoms with van der Waals surface area (Å²) in [6, 6.07) is 8.03. The van der Waals surface area contributed by atoms with E-state index in [1.54, 1.807) is 0 Å². The van der Waals surface area contributed by atoms with E-state index in [1.165, 1.54) is 0 Å². The Kier molecular flexibility index (Phi) is 3.81. The summed E-state index contributed by atoms with van der Waals surface area (Å²) in [5, 5.41) is 2.99. The minimum absolute atomic E-state index is 0.144. The second kappa shape index (κ2) is 5.90. The van der Waals surface area contributed by atoms with Crippen LogP contribution in [0.15, 0.2) is 42.7 Å². The Bertz CT molecular complexity index is 629. The van der Waals surface area contributed by atoms with Crippen molar-refractivity contribution in [3.8, 4) is 0 Å². The topological polar surface area (TPSA) is 46.9 Å². The molecule has 0 saturated heterocycles. The summed E-state index contributed by atoms with van der Waals surface area (Å²) in [6.07, 6.45) is 8.98. The van der Waals surface area contributed by atoms with Crippen molar-refractivity contribution in [1.29, 1.82) is 0 Å². The van der Waals surface area contributed by atoms with E-state index in [-0.39, 0.29) is 5.91 Å². The number of rotatable bonds is 5. The lowest BCUT2D eigenvalue weighted by molar-refractivity contribution is -0.121. The van der Waals surface area contributed by atoms with Gasteiger partial charge in [-0.05, 0) is 30.9 Å². The summed E-state index contributed by atoms with van der Waals surface area (Å²) in [5.41, 5.74) is 2.11. The highest BCUT2D eigenvalue weighted by Crippen LogP contribution is 2.19. The summed E-state index contributed by atoms with van der Waals surface area (Å²) < 4.78 is 2.07. The first-order valence-corrected chi connectivity index (χ1v) is 7.16. The molecule has 1 atom stereocenters. The van der Waals surface area contributed by atoms with Crippen LogP contribution in [0.4, 0.5) is 0 Å². The molecule has 104 valence electrons. The number of hydrogen-bond acceptors (Lipinski definition) is 2. The van der Waals surface area contributed by atoms with Crippen molar-refractivity contribution in [1.82, 2.24) is 14.9 Å². The van der Waals surface area contributed by atoms with Crippen LogP contribution in [-0.2, 0) is 11.3 Å². The molecule has 1 aromatic carbocycles. The van der Waals surface area contributed by atoms with Crippen LogP contribution in [0.5, 0.6) is 0 Å². The third-order valence-electron chi connectivity index (χ3n) is 3.76. The van der Waals surface area contributed by atoms with Gasteiger partial charge >= 0.3 is 0 Å². The van der Waals surface area contributed by atoms with Gasteiger partial charge in [0.1, 0.15) is 0 Å². The van der Waals surface area contributed by atoms with Crippen LogP contribution in [0, 0.1) is 5.92 Å². The van der Waals surface area contributed by atoms with Gasteiger partial charge in [-0.25, -0.2) is 4.98 Å². The molecule has 0 spiro atoms. The molecule has 0 bridgehead atoms. The number of carbonyl (C=O) groups is 1. The largest absolute Gasteiger partial charge is 0.354 e. The van der Waals surface area contributed by atoms with Gasteiger partial charge in [0.2, 0.25) is 5.91 Å². The van der Waals surface area contributed by atoms with Crippen LogP contribution in [0.1, 0.15) is 19.3 Å². The van der Waals surface area contributed by atoms with Gasteiger partial charge in [0.15, 0.2) is 0 Å². The molecule has 0 unspecified atom stereocenters.